The molecule has 6 heteroatoms. The molecule has 1 aliphatic rings. The van der Waals surface area contributed by atoms with E-state index in [1.807, 2.05) is 0 Å². The van der Waals surface area contributed by atoms with E-state index in [1.54, 1.807) is 18.2 Å². The van der Waals surface area contributed by atoms with Crippen molar-refractivity contribution in [3.63, 3.8) is 0 Å². The number of hydrogen-bond acceptors (Lipinski definition) is 3. The highest BCUT2D eigenvalue weighted by Gasteiger charge is 2.26. The number of nitrogens with two attached hydrogens (primary N) is 1. The van der Waals surface area contributed by atoms with Gasteiger partial charge in [-0.25, -0.2) is 0 Å². The maximum absolute atomic E-state index is 11.5. The Morgan fingerprint density at radius 3 is 3.00 bits per heavy atom. The summed E-state index contributed by atoms with van der Waals surface area (Å²) >= 11 is 5.79. The topological polar surface area (TPSA) is 72.6 Å². The van der Waals surface area contributed by atoms with Crippen molar-refractivity contribution in [2.45, 2.75) is 0 Å². The molecule has 2 N–H and O–H groups in total. The summed E-state index contributed by atoms with van der Waals surface area (Å²) in [6, 6.07) is 4.84. The van der Waals surface area contributed by atoms with Gasteiger partial charge in [0.25, 0.3) is 5.91 Å². The largest absolute Gasteiger partial charge is 0.482 e. The lowest BCUT2D eigenvalue weighted by molar-refractivity contribution is -0.124. The fraction of sp³-hybridized carbons (Fsp3) is 0.200. The number of anilines is 1. The normalized spacial score (nSPS) is 14.3. The molecule has 16 heavy (non-hydrogen) atoms. The van der Waals surface area contributed by atoms with Crippen molar-refractivity contribution in [2.24, 2.45) is 5.73 Å². The van der Waals surface area contributed by atoms with Crippen molar-refractivity contribution in [2.75, 3.05) is 18.1 Å². The molecule has 0 atom stereocenters. The Labute approximate surface area is 96.7 Å². The molecule has 0 aliphatic carbocycles. The van der Waals surface area contributed by atoms with Crippen molar-refractivity contribution in [3.8, 4) is 5.75 Å². The van der Waals surface area contributed by atoms with E-state index in [1.165, 1.54) is 4.90 Å². The van der Waals surface area contributed by atoms with E-state index >= 15 is 0 Å². The lowest BCUT2D eigenvalue weighted by atomic mass is 10.2. The minimum absolute atomic E-state index is 0.110. The SMILES string of the molecule is NC(=O)CN1C(=O)COc2cc(Cl)ccc21. The van der Waals surface area contributed by atoms with Crippen LogP contribution in [-0.2, 0) is 9.59 Å². The average molecular weight is 241 g/mol. The van der Waals surface area contributed by atoms with Crippen LogP contribution in [0.3, 0.4) is 0 Å². The number of rotatable bonds is 2. The van der Waals surface area contributed by atoms with E-state index in [-0.39, 0.29) is 19.1 Å². The Balaban J connectivity index is 2.40. The second kappa shape index (κ2) is 4.02. The quantitative estimate of drug-likeness (QED) is 0.821. The number of ether oxygens (including phenoxy) is 1. The van der Waals surface area contributed by atoms with Gasteiger partial charge in [0, 0.05) is 11.1 Å². The number of nitrogens with zero attached hydrogens (tertiary/aromatic N) is 1. The maximum Gasteiger partial charge on any atom is 0.265 e. The van der Waals surface area contributed by atoms with Gasteiger partial charge in [0.2, 0.25) is 5.91 Å². The van der Waals surface area contributed by atoms with Crippen LogP contribution in [-0.4, -0.2) is 25.0 Å². The molecule has 0 saturated heterocycles. The smallest absolute Gasteiger partial charge is 0.265 e. The van der Waals surface area contributed by atoms with Gasteiger partial charge < -0.3 is 10.5 Å². The second-order valence-corrected chi connectivity index (χ2v) is 3.78. The van der Waals surface area contributed by atoms with Gasteiger partial charge in [0.1, 0.15) is 12.3 Å². The number of carbonyl (C=O) groups is 2. The van der Waals surface area contributed by atoms with Crippen LogP contribution in [0, 0.1) is 0 Å². The Morgan fingerprint density at radius 1 is 1.56 bits per heavy atom. The van der Waals surface area contributed by atoms with Crippen LogP contribution in [0.5, 0.6) is 5.75 Å². The van der Waals surface area contributed by atoms with E-state index < -0.39 is 5.91 Å². The summed E-state index contributed by atoms with van der Waals surface area (Å²) in [6.07, 6.45) is 0. The van der Waals surface area contributed by atoms with Crippen LogP contribution < -0.4 is 15.4 Å². The van der Waals surface area contributed by atoms with Crippen LogP contribution in [0.2, 0.25) is 5.02 Å². The standard InChI is InChI=1S/C10H9ClN2O3/c11-6-1-2-7-8(3-6)16-5-10(15)13(7)4-9(12)14/h1-3H,4-5H2,(H2,12,14). The molecule has 1 heterocycles. The molecule has 0 saturated carbocycles. The van der Waals surface area contributed by atoms with E-state index in [0.29, 0.717) is 16.5 Å². The first-order valence-corrected chi connectivity index (χ1v) is 4.97. The highest BCUT2D eigenvalue weighted by atomic mass is 35.5. The summed E-state index contributed by atoms with van der Waals surface area (Å²) in [4.78, 5) is 23.7. The fourth-order valence-corrected chi connectivity index (χ4v) is 1.67. The van der Waals surface area contributed by atoms with Crippen molar-refractivity contribution in [3.05, 3.63) is 23.2 Å². The third-order valence-electron chi connectivity index (χ3n) is 2.18. The molecule has 5 nitrogen and oxygen atoms in total. The first kappa shape index (κ1) is 10.8. The summed E-state index contributed by atoms with van der Waals surface area (Å²) in [5.41, 5.74) is 5.59. The first-order valence-electron chi connectivity index (χ1n) is 4.59. The molecule has 2 amide bonds. The van der Waals surface area contributed by atoms with Gasteiger partial charge in [0.15, 0.2) is 6.61 Å². The van der Waals surface area contributed by atoms with E-state index in [2.05, 4.69) is 0 Å². The van der Waals surface area contributed by atoms with E-state index in [9.17, 15) is 9.59 Å². The first-order chi connectivity index (χ1) is 7.58. The van der Waals surface area contributed by atoms with Gasteiger partial charge in [0.05, 0.1) is 5.69 Å². The van der Waals surface area contributed by atoms with Crippen LogP contribution >= 0.6 is 11.6 Å². The van der Waals surface area contributed by atoms with Crippen molar-refractivity contribution < 1.29 is 14.3 Å². The van der Waals surface area contributed by atoms with Crippen LogP contribution in [0.25, 0.3) is 0 Å². The molecule has 0 bridgehead atoms. The molecule has 84 valence electrons. The zero-order valence-corrected chi connectivity index (χ0v) is 9.03. The molecule has 0 unspecified atom stereocenters. The van der Waals surface area contributed by atoms with E-state index in [0.717, 1.165) is 0 Å². The number of halogens is 1. The number of primary amides is 1. The molecule has 1 aliphatic heterocycles. The van der Waals surface area contributed by atoms with Crippen LogP contribution in [0.15, 0.2) is 18.2 Å². The molecule has 1 aromatic carbocycles. The van der Waals surface area contributed by atoms with Gasteiger partial charge in [-0.2, -0.15) is 0 Å². The molecule has 1 aromatic rings. The number of amides is 2. The molecule has 2 rings (SSSR count). The van der Waals surface area contributed by atoms with Gasteiger partial charge in [-0.1, -0.05) is 11.6 Å². The number of benzene rings is 1. The molecule has 0 fully saturated rings. The van der Waals surface area contributed by atoms with Gasteiger partial charge in [-0.15, -0.1) is 0 Å². The third-order valence-corrected chi connectivity index (χ3v) is 2.41. The number of carbonyl (C=O) groups excluding carboxylic acids is 2. The molecule has 0 radical (unpaired) electrons. The number of fused-ring (bicyclic) bond motifs is 1. The predicted molar refractivity (Wildman–Crippen MR) is 58.5 cm³/mol. The summed E-state index contributed by atoms with van der Waals surface area (Å²) in [7, 11) is 0. The van der Waals surface area contributed by atoms with E-state index in [4.69, 9.17) is 22.1 Å². The zero-order chi connectivity index (χ0) is 11.7. The van der Waals surface area contributed by atoms with Crippen molar-refractivity contribution in [1.82, 2.24) is 0 Å². The summed E-state index contributed by atoms with van der Waals surface area (Å²) < 4.78 is 5.20. The lowest BCUT2D eigenvalue weighted by Crippen LogP contribution is -2.43. The average Bonchev–Trinajstić information content (AvgIpc) is 2.22. The van der Waals surface area contributed by atoms with Gasteiger partial charge >= 0.3 is 0 Å². The third kappa shape index (κ3) is 1.94. The Kier molecular flexibility index (Phi) is 2.70. The molecular formula is C10H9ClN2O3. The second-order valence-electron chi connectivity index (χ2n) is 3.35. The molecule has 0 aromatic heterocycles. The number of hydrogen-bond donors (Lipinski definition) is 1. The maximum atomic E-state index is 11.5. The van der Waals surface area contributed by atoms with Gasteiger partial charge in [-0.05, 0) is 12.1 Å². The van der Waals surface area contributed by atoms with Crippen LogP contribution in [0.1, 0.15) is 0 Å². The van der Waals surface area contributed by atoms with Crippen molar-refractivity contribution in [1.29, 1.82) is 0 Å². The minimum atomic E-state index is -0.573. The fourth-order valence-electron chi connectivity index (χ4n) is 1.51. The Bertz CT molecular complexity index is 461. The van der Waals surface area contributed by atoms with Crippen molar-refractivity contribution >= 4 is 29.1 Å². The lowest BCUT2D eigenvalue weighted by Gasteiger charge is -2.28. The summed E-state index contributed by atoms with van der Waals surface area (Å²) in [5, 5.41) is 0.507. The highest BCUT2D eigenvalue weighted by Crippen LogP contribution is 2.33. The Hall–Kier alpha value is -1.75. The summed E-state index contributed by atoms with van der Waals surface area (Å²) in [5.74, 6) is -0.391. The van der Waals surface area contributed by atoms with Gasteiger partial charge in [-0.3, -0.25) is 14.5 Å². The predicted octanol–water partition coefficient (Wildman–Crippen LogP) is 0.551. The highest BCUT2D eigenvalue weighted by molar-refractivity contribution is 6.30. The van der Waals surface area contributed by atoms with Crippen LogP contribution in [0.4, 0.5) is 5.69 Å². The molecular weight excluding hydrogens is 232 g/mol. The minimum Gasteiger partial charge on any atom is -0.482 e. The summed E-state index contributed by atoms with van der Waals surface area (Å²) in [6.45, 7) is -0.266. The molecule has 0 spiro atoms. The Morgan fingerprint density at radius 2 is 2.31 bits per heavy atom. The zero-order valence-electron chi connectivity index (χ0n) is 8.27. The monoisotopic (exact) mass is 240 g/mol.